The minimum atomic E-state index is -4.63. The van der Waals surface area contributed by atoms with Gasteiger partial charge in [0.1, 0.15) is 5.69 Å². The van der Waals surface area contributed by atoms with Crippen molar-refractivity contribution in [2.24, 2.45) is 0 Å². The quantitative estimate of drug-likeness (QED) is 0.628. The lowest BCUT2D eigenvalue weighted by atomic mass is 9.91. The first-order valence-electron chi connectivity index (χ1n) is 8.90. The molecule has 0 aliphatic heterocycles. The maximum Gasteiger partial charge on any atom is 0.433 e. The first-order valence-corrected chi connectivity index (χ1v) is 9.27. The van der Waals surface area contributed by atoms with Crippen LogP contribution in [0, 0.1) is 0 Å². The van der Waals surface area contributed by atoms with Gasteiger partial charge in [-0.3, -0.25) is 9.48 Å². The number of amides is 1. The normalized spacial score (nSPS) is 12.5. The van der Waals surface area contributed by atoms with Gasteiger partial charge in [-0.25, -0.2) is 9.50 Å². The van der Waals surface area contributed by atoms with E-state index in [4.69, 9.17) is 11.6 Å². The fourth-order valence-electron chi connectivity index (χ4n) is 2.67. The second-order valence-electron chi connectivity index (χ2n) is 7.61. The number of carbonyl (C=O) groups excluding carboxylic acids is 1. The molecule has 0 bridgehead atoms. The van der Waals surface area contributed by atoms with Crippen LogP contribution in [0.2, 0.25) is 5.02 Å². The van der Waals surface area contributed by atoms with E-state index in [0.717, 1.165) is 6.07 Å². The molecule has 0 aliphatic carbocycles. The summed E-state index contributed by atoms with van der Waals surface area (Å²) in [6.07, 6.45) is -0.903. The monoisotopic (exact) mass is 428 g/mol. The molecular weight excluding hydrogens is 409 g/mol. The van der Waals surface area contributed by atoms with Crippen LogP contribution in [-0.2, 0) is 18.1 Å². The van der Waals surface area contributed by atoms with E-state index in [2.05, 4.69) is 20.5 Å². The first-order chi connectivity index (χ1) is 13.4. The molecule has 0 saturated heterocycles. The number of hydrogen-bond donors (Lipinski definition) is 1. The Morgan fingerprint density at radius 3 is 2.55 bits per heavy atom. The molecule has 11 heteroatoms. The molecule has 0 fully saturated rings. The Bertz CT molecular complexity index is 1030. The summed E-state index contributed by atoms with van der Waals surface area (Å²) < 4.78 is 42.8. The van der Waals surface area contributed by atoms with E-state index in [1.807, 2.05) is 0 Å². The van der Waals surface area contributed by atoms with Crippen molar-refractivity contribution in [3.05, 3.63) is 46.6 Å². The van der Waals surface area contributed by atoms with Crippen molar-refractivity contribution in [1.29, 1.82) is 0 Å². The molecule has 3 aromatic rings. The lowest BCUT2D eigenvalue weighted by Gasteiger charge is -2.19. The average Bonchev–Trinajstić information content (AvgIpc) is 3.21. The third-order valence-electron chi connectivity index (χ3n) is 4.17. The Morgan fingerprint density at radius 2 is 1.97 bits per heavy atom. The summed E-state index contributed by atoms with van der Waals surface area (Å²) in [7, 11) is 0. The summed E-state index contributed by atoms with van der Waals surface area (Å²) in [5.41, 5.74) is -1.45. The highest BCUT2D eigenvalue weighted by atomic mass is 35.5. The van der Waals surface area contributed by atoms with Gasteiger partial charge in [-0.1, -0.05) is 32.4 Å². The molecule has 0 aliphatic rings. The summed E-state index contributed by atoms with van der Waals surface area (Å²) in [5, 5.41) is 11.0. The Balaban J connectivity index is 1.78. The predicted molar refractivity (Wildman–Crippen MR) is 101 cm³/mol. The molecule has 0 radical (unpaired) electrons. The molecule has 1 amide bonds. The Labute approximate surface area is 169 Å². The first kappa shape index (κ1) is 21.1. The van der Waals surface area contributed by atoms with Gasteiger partial charge < -0.3 is 5.32 Å². The maximum atomic E-state index is 13.5. The number of halogens is 4. The van der Waals surface area contributed by atoms with Gasteiger partial charge in [-0.15, -0.1) is 0 Å². The van der Waals surface area contributed by atoms with Crippen LogP contribution in [0.4, 0.5) is 13.2 Å². The number of hydrogen-bond acceptors (Lipinski definition) is 4. The summed E-state index contributed by atoms with van der Waals surface area (Å²) in [6.45, 7) is 6.14. The van der Waals surface area contributed by atoms with Gasteiger partial charge in [0.25, 0.3) is 5.91 Å². The smallest absolute Gasteiger partial charge is 0.351 e. The third-order valence-corrected chi connectivity index (χ3v) is 4.37. The lowest BCUT2D eigenvalue weighted by molar-refractivity contribution is -0.142. The topological polar surface area (TPSA) is 77.1 Å². The van der Waals surface area contributed by atoms with Crippen molar-refractivity contribution >= 4 is 23.2 Å². The van der Waals surface area contributed by atoms with Crippen molar-refractivity contribution in [2.75, 3.05) is 6.54 Å². The Hall–Kier alpha value is -2.62. The molecule has 0 aromatic carbocycles. The maximum absolute atomic E-state index is 13.5. The average molecular weight is 429 g/mol. The van der Waals surface area contributed by atoms with Crippen LogP contribution >= 0.6 is 11.6 Å². The molecule has 0 atom stereocenters. The van der Waals surface area contributed by atoms with E-state index in [1.165, 1.54) is 12.3 Å². The van der Waals surface area contributed by atoms with E-state index < -0.39 is 23.2 Å². The molecule has 0 spiro atoms. The number of carbonyl (C=O) groups is 1. The van der Waals surface area contributed by atoms with Crippen LogP contribution < -0.4 is 5.32 Å². The van der Waals surface area contributed by atoms with Crippen LogP contribution in [-0.4, -0.2) is 36.8 Å². The molecule has 3 heterocycles. The van der Waals surface area contributed by atoms with Crippen molar-refractivity contribution in [2.45, 2.75) is 45.3 Å². The zero-order valence-electron chi connectivity index (χ0n) is 16.1. The van der Waals surface area contributed by atoms with Crippen LogP contribution in [0.5, 0.6) is 0 Å². The van der Waals surface area contributed by atoms with Gasteiger partial charge in [0.15, 0.2) is 11.3 Å². The Morgan fingerprint density at radius 1 is 1.24 bits per heavy atom. The standard InChI is InChI=1S/C18H20ClF3N6O/c1-17(2,3)13-8-14(18(20,21)22)28-15(25-13)7-12(26-28)16(29)23-5-4-6-27-10-11(19)9-24-27/h7-10H,4-6H2,1-3H3,(H,23,29). The van der Waals surface area contributed by atoms with Crippen LogP contribution in [0.1, 0.15) is 49.1 Å². The number of aryl methyl sites for hydroxylation is 1. The van der Waals surface area contributed by atoms with Gasteiger partial charge in [0.05, 0.1) is 16.9 Å². The molecule has 0 saturated carbocycles. The third kappa shape index (κ3) is 4.87. The molecule has 1 N–H and O–H groups in total. The molecule has 3 aromatic heterocycles. The van der Waals surface area contributed by atoms with Crippen LogP contribution in [0.3, 0.4) is 0 Å². The van der Waals surface area contributed by atoms with E-state index >= 15 is 0 Å². The second kappa shape index (κ2) is 7.66. The van der Waals surface area contributed by atoms with Crippen molar-refractivity contribution in [1.82, 2.24) is 29.7 Å². The summed E-state index contributed by atoms with van der Waals surface area (Å²) in [4.78, 5) is 16.6. The summed E-state index contributed by atoms with van der Waals surface area (Å²) in [6, 6.07) is 2.23. The Kier molecular flexibility index (Phi) is 5.57. The summed E-state index contributed by atoms with van der Waals surface area (Å²) in [5.74, 6) is -0.570. The predicted octanol–water partition coefficient (Wildman–Crippen LogP) is 3.72. The zero-order valence-corrected chi connectivity index (χ0v) is 16.8. The van der Waals surface area contributed by atoms with E-state index in [9.17, 15) is 18.0 Å². The largest absolute Gasteiger partial charge is 0.433 e. The van der Waals surface area contributed by atoms with Crippen LogP contribution in [0.25, 0.3) is 5.65 Å². The molecular formula is C18H20ClF3N6O. The van der Waals surface area contributed by atoms with Crippen molar-refractivity contribution < 1.29 is 18.0 Å². The van der Waals surface area contributed by atoms with Crippen LogP contribution in [0.15, 0.2) is 24.5 Å². The summed E-state index contributed by atoms with van der Waals surface area (Å²) >= 11 is 5.78. The van der Waals surface area contributed by atoms with Gasteiger partial charge in [0, 0.05) is 30.8 Å². The van der Waals surface area contributed by atoms with Gasteiger partial charge >= 0.3 is 6.18 Å². The fourth-order valence-corrected chi connectivity index (χ4v) is 2.82. The van der Waals surface area contributed by atoms with E-state index in [-0.39, 0.29) is 17.0 Å². The van der Waals surface area contributed by atoms with Gasteiger partial charge in [-0.05, 0) is 12.5 Å². The lowest BCUT2D eigenvalue weighted by Crippen LogP contribution is -2.26. The minimum Gasteiger partial charge on any atom is -0.351 e. The minimum absolute atomic E-state index is 0.0268. The number of nitrogens with zero attached hydrogens (tertiary/aromatic N) is 5. The molecule has 29 heavy (non-hydrogen) atoms. The molecule has 7 nitrogen and oxygen atoms in total. The number of fused-ring (bicyclic) bond motifs is 1. The molecule has 3 rings (SSSR count). The highest BCUT2D eigenvalue weighted by Crippen LogP contribution is 2.32. The SMILES string of the molecule is CC(C)(C)c1cc(C(F)(F)F)n2nc(C(=O)NCCCn3cc(Cl)cn3)cc2n1. The van der Waals surface area contributed by atoms with Crippen molar-refractivity contribution in [3.8, 4) is 0 Å². The molecule has 0 unspecified atom stereocenters. The number of aromatic nitrogens is 5. The number of nitrogens with one attached hydrogen (secondary N) is 1. The number of rotatable bonds is 5. The second-order valence-corrected chi connectivity index (χ2v) is 8.04. The number of alkyl halides is 3. The van der Waals surface area contributed by atoms with E-state index in [0.29, 0.717) is 29.0 Å². The highest BCUT2D eigenvalue weighted by molar-refractivity contribution is 6.30. The van der Waals surface area contributed by atoms with E-state index in [1.54, 1.807) is 31.6 Å². The highest BCUT2D eigenvalue weighted by Gasteiger charge is 2.36. The molecule has 156 valence electrons. The fraction of sp³-hybridized carbons (Fsp3) is 0.444. The zero-order chi connectivity index (χ0) is 21.4. The van der Waals surface area contributed by atoms with Gasteiger partial charge in [-0.2, -0.15) is 23.4 Å². The van der Waals surface area contributed by atoms with Gasteiger partial charge in [0.2, 0.25) is 0 Å². The van der Waals surface area contributed by atoms with Crippen molar-refractivity contribution in [3.63, 3.8) is 0 Å².